The molecule has 0 radical (unpaired) electrons. The van der Waals surface area contributed by atoms with Crippen LogP contribution in [-0.2, 0) is 4.79 Å². The smallest absolute Gasteiger partial charge is 0.255 e. The van der Waals surface area contributed by atoms with E-state index in [-0.39, 0.29) is 11.8 Å². The molecular weight excluding hydrogens is 360 g/mol. The van der Waals surface area contributed by atoms with Crippen LogP contribution in [0.1, 0.15) is 27.9 Å². The van der Waals surface area contributed by atoms with E-state index in [4.69, 9.17) is 5.73 Å². The highest BCUT2D eigenvalue weighted by Crippen LogP contribution is 2.31. The molecule has 2 amide bonds. The van der Waals surface area contributed by atoms with Crippen LogP contribution >= 0.6 is 11.3 Å². The van der Waals surface area contributed by atoms with Gasteiger partial charge in [-0.05, 0) is 56.3 Å². The molecule has 27 heavy (non-hydrogen) atoms. The summed E-state index contributed by atoms with van der Waals surface area (Å²) in [5, 5.41) is 6.40. The predicted molar refractivity (Wildman–Crippen MR) is 110 cm³/mol. The topological polar surface area (TPSA) is 97.1 Å². The minimum absolute atomic E-state index is 0.163. The van der Waals surface area contributed by atoms with Gasteiger partial charge in [-0.1, -0.05) is 0 Å². The highest BCUT2D eigenvalue weighted by molar-refractivity contribution is 7.15. The molecular formula is C20H20N4O2S. The van der Waals surface area contributed by atoms with Crippen molar-refractivity contribution in [3.8, 4) is 10.6 Å². The van der Waals surface area contributed by atoms with Crippen LogP contribution in [-0.4, -0.2) is 16.8 Å². The summed E-state index contributed by atoms with van der Waals surface area (Å²) in [7, 11) is 0. The number of nitrogens with two attached hydrogens (primary N) is 1. The molecule has 138 valence electrons. The molecule has 0 aliphatic carbocycles. The second-order valence-corrected chi connectivity index (χ2v) is 7.38. The molecule has 0 bridgehead atoms. The van der Waals surface area contributed by atoms with Gasteiger partial charge in [0, 0.05) is 28.6 Å². The fourth-order valence-electron chi connectivity index (χ4n) is 2.50. The highest BCUT2D eigenvalue weighted by atomic mass is 32.1. The average molecular weight is 380 g/mol. The van der Waals surface area contributed by atoms with Gasteiger partial charge in [-0.2, -0.15) is 0 Å². The molecule has 0 saturated heterocycles. The van der Waals surface area contributed by atoms with Crippen molar-refractivity contribution in [1.29, 1.82) is 0 Å². The summed E-state index contributed by atoms with van der Waals surface area (Å²) < 4.78 is 0. The van der Waals surface area contributed by atoms with Gasteiger partial charge in [-0.25, -0.2) is 4.98 Å². The summed E-state index contributed by atoms with van der Waals surface area (Å²) in [5.74, 6) is -0.441. The Bertz CT molecular complexity index is 990. The van der Waals surface area contributed by atoms with Crippen molar-refractivity contribution in [2.75, 3.05) is 16.4 Å². The third-order valence-electron chi connectivity index (χ3n) is 4.04. The summed E-state index contributed by atoms with van der Waals surface area (Å²) in [4.78, 5) is 29.3. The zero-order valence-corrected chi connectivity index (χ0v) is 16.1. The minimum atomic E-state index is -0.278. The number of hydrogen-bond acceptors (Lipinski definition) is 5. The van der Waals surface area contributed by atoms with Crippen molar-refractivity contribution >= 4 is 40.2 Å². The van der Waals surface area contributed by atoms with Crippen molar-refractivity contribution in [3.63, 3.8) is 0 Å². The van der Waals surface area contributed by atoms with Crippen LogP contribution < -0.4 is 16.4 Å². The number of rotatable bonds is 4. The molecule has 2 aromatic carbocycles. The SMILES string of the molecule is CC(=O)Nc1ccc(C(=O)Nc2cc(-c3nc(C)c(C)s3)ccc2N)cc1. The molecule has 0 aliphatic heterocycles. The van der Waals surface area contributed by atoms with Crippen LogP contribution in [0.3, 0.4) is 0 Å². The Morgan fingerprint density at radius 2 is 1.74 bits per heavy atom. The normalized spacial score (nSPS) is 10.5. The molecule has 1 aromatic heterocycles. The number of aryl methyl sites for hydroxylation is 2. The molecule has 1 heterocycles. The summed E-state index contributed by atoms with van der Waals surface area (Å²) in [6, 6.07) is 12.1. The number of nitrogen functional groups attached to an aromatic ring is 1. The largest absolute Gasteiger partial charge is 0.397 e. The molecule has 0 spiro atoms. The maximum absolute atomic E-state index is 12.5. The molecule has 0 fully saturated rings. The van der Waals surface area contributed by atoms with Crippen molar-refractivity contribution in [3.05, 3.63) is 58.6 Å². The number of thiazole rings is 1. The first-order chi connectivity index (χ1) is 12.8. The molecule has 0 unspecified atom stereocenters. The number of hydrogen-bond donors (Lipinski definition) is 3. The molecule has 7 heteroatoms. The molecule has 0 aliphatic rings. The number of nitrogens with one attached hydrogen (secondary N) is 2. The second kappa shape index (κ2) is 7.59. The number of amides is 2. The second-order valence-electron chi connectivity index (χ2n) is 6.18. The van der Waals surface area contributed by atoms with Crippen molar-refractivity contribution in [1.82, 2.24) is 4.98 Å². The average Bonchev–Trinajstić information content (AvgIpc) is 2.96. The zero-order chi connectivity index (χ0) is 19.6. The van der Waals surface area contributed by atoms with Gasteiger partial charge in [0.1, 0.15) is 5.01 Å². The Morgan fingerprint density at radius 1 is 1.04 bits per heavy atom. The van der Waals surface area contributed by atoms with Crippen molar-refractivity contribution < 1.29 is 9.59 Å². The van der Waals surface area contributed by atoms with E-state index < -0.39 is 0 Å². The van der Waals surface area contributed by atoms with Crippen LogP contribution in [0.25, 0.3) is 10.6 Å². The third kappa shape index (κ3) is 4.32. The lowest BCUT2D eigenvalue weighted by molar-refractivity contribution is -0.114. The Hall–Kier alpha value is -3.19. The van der Waals surface area contributed by atoms with E-state index in [1.54, 1.807) is 41.7 Å². The van der Waals surface area contributed by atoms with Gasteiger partial charge in [0.25, 0.3) is 5.91 Å². The van der Waals surface area contributed by atoms with Crippen LogP contribution in [0.4, 0.5) is 17.1 Å². The van der Waals surface area contributed by atoms with Crippen LogP contribution in [0, 0.1) is 13.8 Å². The van der Waals surface area contributed by atoms with Crippen molar-refractivity contribution in [2.45, 2.75) is 20.8 Å². The maximum Gasteiger partial charge on any atom is 0.255 e. The van der Waals surface area contributed by atoms with E-state index in [2.05, 4.69) is 15.6 Å². The molecule has 0 saturated carbocycles. The van der Waals surface area contributed by atoms with E-state index in [1.165, 1.54) is 6.92 Å². The predicted octanol–water partition coefficient (Wildman–Crippen LogP) is 4.22. The van der Waals surface area contributed by atoms with Gasteiger partial charge in [0.2, 0.25) is 5.91 Å². The Morgan fingerprint density at radius 3 is 2.33 bits per heavy atom. The first-order valence-corrected chi connectivity index (χ1v) is 9.18. The zero-order valence-electron chi connectivity index (χ0n) is 15.3. The lowest BCUT2D eigenvalue weighted by atomic mass is 10.1. The molecule has 6 nitrogen and oxygen atoms in total. The number of anilines is 3. The Labute approximate surface area is 161 Å². The van der Waals surface area contributed by atoms with Crippen LogP contribution in [0.2, 0.25) is 0 Å². The van der Waals surface area contributed by atoms with Crippen molar-refractivity contribution in [2.24, 2.45) is 0 Å². The van der Waals surface area contributed by atoms with E-state index >= 15 is 0 Å². The summed E-state index contributed by atoms with van der Waals surface area (Å²) >= 11 is 1.60. The standard InChI is InChI=1S/C20H20N4O2S/c1-11-12(2)27-20(22-11)15-6-9-17(21)18(10-15)24-19(26)14-4-7-16(8-5-14)23-13(3)25/h4-10H,21H2,1-3H3,(H,23,25)(H,24,26). The van der Waals surface area contributed by atoms with Gasteiger partial charge >= 0.3 is 0 Å². The number of carbonyl (C=O) groups excluding carboxylic acids is 2. The highest BCUT2D eigenvalue weighted by Gasteiger charge is 2.12. The number of carbonyl (C=O) groups is 2. The van der Waals surface area contributed by atoms with Gasteiger partial charge in [-0.3, -0.25) is 9.59 Å². The van der Waals surface area contributed by atoms with E-state index in [0.29, 0.717) is 22.6 Å². The monoisotopic (exact) mass is 380 g/mol. The quantitative estimate of drug-likeness (QED) is 0.590. The van der Waals surface area contributed by atoms with Gasteiger partial charge in [0.15, 0.2) is 0 Å². The lowest BCUT2D eigenvalue weighted by Gasteiger charge is -2.10. The third-order valence-corrected chi connectivity index (χ3v) is 5.17. The summed E-state index contributed by atoms with van der Waals surface area (Å²) in [6.45, 7) is 5.43. The van der Waals surface area contributed by atoms with E-state index in [1.807, 2.05) is 26.0 Å². The Kier molecular flexibility index (Phi) is 5.23. The first kappa shape index (κ1) is 18.6. The van der Waals surface area contributed by atoms with Gasteiger partial charge in [-0.15, -0.1) is 11.3 Å². The molecule has 4 N–H and O–H groups in total. The summed E-state index contributed by atoms with van der Waals surface area (Å²) in [6.07, 6.45) is 0. The Balaban J connectivity index is 1.81. The maximum atomic E-state index is 12.5. The van der Waals surface area contributed by atoms with Crippen LogP contribution in [0.15, 0.2) is 42.5 Å². The first-order valence-electron chi connectivity index (χ1n) is 8.36. The number of aromatic nitrogens is 1. The molecule has 3 rings (SSSR count). The summed E-state index contributed by atoms with van der Waals surface area (Å²) in [5.41, 5.74) is 10.0. The lowest BCUT2D eigenvalue weighted by Crippen LogP contribution is -2.13. The number of benzene rings is 2. The van der Waals surface area contributed by atoms with E-state index in [0.717, 1.165) is 21.1 Å². The fraction of sp³-hybridized carbons (Fsp3) is 0.150. The molecule has 3 aromatic rings. The fourth-order valence-corrected chi connectivity index (χ4v) is 3.41. The molecule has 0 atom stereocenters. The van der Waals surface area contributed by atoms with Crippen LogP contribution in [0.5, 0.6) is 0 Å². The number of nitrogens with zero attached hydrogens (tertiary/aromatic N) is 1. The van der Waals surface area contributed by atoms with E-state index in [9.17, 15) is 9.59 Å². The van der Waals surface area contributed by atoms with Gasteiger partial charge in [0.05, 0.1) is 17.1 Å². The minimum Gasteiger partial charge on any atom is -0.397 e. The van der Waals surface area contributed by atoms with Gasteiger partial charge < -0.3 is 16.4 Å².